The number of likely N-dealkylation sites (tertiary alicyclic amines) is 2. The number of amides is 13. The molecule has 13 amide bonds. The summed E-state index contributed by atoms with van der Waals surface area (Å²) in [6.45, 7) is 3.77. The first kappa shape index (κ1) is 81.1. The van der Waals surface area contributed by atoms with Gasteiger partial charge in [-0.05, 0) is 143 Å². The van der Waals surface area contributed by atoms with Crippen molar-refractivity contribution in [3.8, 4) is 0 Å². The van der Waals surface area contributed by atoms with Crippen molar-refractivity contribution in [3.63, 3.8) is 0 Å². The molecule has 4 rings (SSSR count). The van der Waals surface area contributed by atoms with Crippen molar-refractivity contribution in [1.82, 2.24) is 52.3 Å². The molecule has 536 valence electrons. The van der Waals surface area contributed by atoms with Crippen LogP contribution in [0.4, 0.5) is 0 Å². The van der Waals surface area contributed by atoms with Crippen molar-refractivity contribution in [2.45, 2.75) is 183 Å². The van der Waals surface area contributed by atoms with Gasteiger partial charge in [0.1, 0.15) is 54.4 Å². The van der Waals surface area contributed by atoms with Crippen molar-refractivity contribution >= 4 is 118 Å². The molecular weight excluding hydrogens is 1320 g/mol. The highest BCUT2D eigenvalue weighted by Crippen LogP contribution is 2.24. The molecule has 2 aliphatic heterocycles. The topological polar surface area (TPSA) is 519 Å². The Morgan fingerprint density at radius 1 is 0.546 bits per heavy atom. The first-order chi connectivity index (χ1) is 46.0. The van der Waals surface area contributed by atoms with E-state index >= 15 is 0 Å². The van der Waals surface area contributed by atoms with Crippen LogP contribution in [0.1, 0.15) is 121 Å². The smallest absolute Gasteiger partial charge is 0.245 e. The normalized spacial score (nSPS) is 16.7. The van der Waals surface area contributed by atoms with Gasteiger partial charge in [0.05, 0.1) is 12.6 Å². The second-order valence-electron chi connectivity index (χ2n) is 24.4. The number of carbonyl (C=O) groups is 13. The van der Waals surface area contributed by atoms with Crippen LogP contribution in [0.2, 0.25) is 10.0 Å². The molecule has 0 spiro atoms. The summed E-state index contributed by atoms with van der Waals surface area (Å²) in [5.41, 5.74) is 40.5. The molecule has 2 heterocycles. The molecule has 2 aromatic carbocycles. The van der Waals surface area contributed by atoms with Gasteiger partial charge >= 0.3 is 0 Å². The predicted molar refractivity (Wildman–Crippen MR) is 366 cm³/mol. The maximum absolute atomic E-state index is 14.7. The Bertz CT molecular complexity index is 3070. The maximum Gasteiger partial charge on any atom is 0.245 e. The van der Waals surface area contributed by atoms with Gasteiger partial charge in [0.25, 0.3) is 0 Å². The fourth-order valence-corrected chi connectivity index (χ4v) is 11.8. The lowest BCUT2D eigenvalue weighted by Gasteiger charge is -2.32. The van der Waals surface area contributed by atoms with Crippen LogP contribution in [0.15, 0.2) is 53.5 Å². The molecule has 2 saturated heterocycles. The molecule has 22 N–H and O–H groups in total. The van der Waals surface area contributed by atoms with Gasteiger partial charge in [0.2, 0.25) is 76.8 Å². The molecule has 0 bridgehead atoms. The highest BCUT2D eigenvalue weighted by molar-refractivity contribution is 7.98. The Balaban J connectivity index is 1.59. The summed E-state index contributed by atoms with van der Waals surface area (Å²) in [5, 5.41) is 21.7. The van der Waals surface area contributed by atoms with Gasteiger partial charge in [-0.15, -0.1) is 0 Å². The lowest BCUT2D eigenvalue weighted by molar-refractivity contribution is -0.144. The van der Waals surface area contributed by atoms with E-state index in [0.717, 1.165) is 0 Å². The number of hydrogen-bond donors (Lipinski definition) is 15. The van der Waals surface area contributed by atoms with Crippen LogP contribution < -0.4 is 82.7 Å². The van der Waals surface area contributed by atoms with Crippen molar-refractivity contribution in [2.75, 3.05) is 44.7 Å². The van der Waals surface area contributed by atoms with Gasteiger partial charge in [0, 0.05) is 55.4 Å². The minimum absolute atomic E-state index is 0.0616. The zero-order valence-electron chi connectivity index (χ0n) is 55.1. The van der Waals surface area contributed by atoms with Crippen LogP contribution in [0.3, 0.4) is 0 Å². The van der Waals surface area contributed by atoms with Crippen LogP contribution in [-0.2, 0) is 75.2 Å². The predicted octanol–water partition coefficient (Wildman–Crippen LogP) is -2.40. The zero-order chi connectivity index (χ0) is 71.9. The number of rotatable bonds is 42. The number of aliphatic imine (C=N–C) groups is 1. The Kier molecular flexibility index (Phi) is 34.9. The standard InChI is InChI=1S/C63H96Cl2N18O13S/c1-35(2)31-45(57(91)76-41(53(70)87)25-30-97-3)75-52(86)34-74-54(88)46(32-36-13-17-38(64)18-14-36)80-58(92)47(33-37-15-19-39(65)20-16-37)81-56(90)42(21-23-50(68)84)77-55(89)43(22-24-51(69)85)78-59(93)49-12-8-29-83(49)62(96)44(10-4-5-26-66)79-60(94)48-11-7-28-82(48)61(95)40(67)9-6-27-73-63(71)72/h13-20,35,40-49H,4-12,21-34,66-67H2,1-3H3,(H2,68,84)(H2,69,85)(H2,70,87)(H,74,88)(H,75,86)(H,76,91)(H,77,89)(H,78,93)(H,79,94)(H,80,92)(H,81,90)(H4,71,72,73)/t40-,41-,42-,43-,44-,45-,46-,47-,48-,49-/m0/s1. The minimum atomic E-state index is -1.68. The highest BCUT2D eigenvalue weighted by atomic mass is 35.5. The second kappa shape index (κ2) is 41.7. The number of guanidine groups is 1. The molecule has 97 heavy (non-hydrogen) atoms. The van der Waals surface area contributed by atoms with Gasteiger partial charge in [-0.1, -0.05) is 61.3 Å². The van der Waals surface area contributed by atoms with Crippen LogP contribution in [0.25, 0.3) is 0 Å². The summed E-state index contributed by atoms with van der Waals surface area (Å²) in [4.78, 5) is 185. The molecule has 2 fully saturated rings. The Morgan fingerprint density at radius 3 is 1.49 bits per heavy atom. The van der Waals surface area contributed by atoms with Crippen LogP contribution >= 0.6 is 35.0 Å². The van der Waals surface area contributed by atoms with E-state index in [-0.39, 0.29) is 83.0 Å². The third-order valence-corrected chi connectivity index (χ3v) is 17.3. The third kappa shape index (κ3) is 28.3. The van der Waals surface area contributed by atoms with E-state index < -0.39 is 169 Å². The van der Waals surface area contributed by atoms with Crippen LogP contribution in [0, 0.1) is 5.92 Å². The summed E-state index contributed by atoms with van der Waals surface area (Å²) in [6.07, 6.45) is 2.76. The van der Waals surface area contributed by atoms with Gasteiger partial charge in [-0.2, -0.15) is 11.8 Å². The number of thioether (sulfide) groups is 1. The van der Waals surface area contributed by atoms with E-state index in [1.807, 2.05) is 20.1 Å². The fourth-order valence-electron chi connectivity index (χ4n) is 11.0. The summed E-state index contributed by atoms with van der Waals surface area (Å²) in [5.74, 6) is -10.1. The lowest BCUT2D eigenvalue weighted by atomic mass is 10.0. The van der Waals surface area contributed by atoms with Crippen LogP contribution in [-0.4, -0.2) is 198 Å². The van der Waals surface area contributed by atoms with Gasteiger partial charge in [-0.25, -0.2) is 0 Å². The van der Waals surface area contributed by atoms with E-state index in [1.54, 1.807) is 36.4 Å². The Morgan fingerprint density at radius 2 is 1.01 bits per heavy atom. The van der Waals surface area contributed by atoms with Crippen molar-refractivity contribution in [3.05, 3.63) is 69.7 Å². The highest BCUT2D eigenvalue weighted by Gasteiger charge is 2.42. The summed E-state index contributed by atoms with van der Waals surface area (Å²) >= 11 is 13.8. The molecule has 2 aliphatic rings. The SMILES string of the molecule is CSCC[C@H](NC(=O)[C@H](CC(C)C)NC(=O)CNC(=O)[C@H](Cc1ccc(Cl)cc1)NC(=O)[C@H](Cc1ccc(Cl)cc1)NC(=O)[C@H](CCC(N)=O)NC(=O)[C@H](CCC(N)=O)NC(=O)[C@@H]1CCCN1C(=O)[C@H](CCCCN)NC(=O)[C@@H]1CCCN1C(=O)[C@@H](N)CCCN=C(N)N)C(N)=O. The number of hydrogen-bond acceptors (Lipinski definition) is 17. The fraction of sp³-hybridized carbons (Fsp3) is 0.587. The largest absolute Gasteiger partial charge is 0.370 e. The number of nitrogens with zero attached hydrogens (tertiary/aromatic N) is 3. The van der Waals surface area contributed by atoms with E-state index in [0.29, 0.717) is 65.4 Å². The number of unbranched alkanes of at least 4 members (excludes halogenated alkanes) is 1. The molecule has 10 atom stereocenters. The van der Waals surface area contributed by atoms with Crippen molar-refractivity contribution in [2.24, 2.45) is 51.0 Å². The first-order valence-corrected chi connectivity index (χ1v) is 34.5. The average molecular weight is 1420 g/mol. The first-order valence-electron chi connectivity index (χ1n) is 32.4. The van der Waals surface area contributed by atoms with E-state index in [4.69, 9.17) is 63.3 Å². The lowest BCUT2D eigenvalue weighted by Crippen LogP contribution is -2.60. The van der Waals surface area contributed by atoms with Gasteiger partial charge < -0.3 is 92.5 Å². The quantitative estimate of drug-likeness (QED) is 0.0187. The Hall–Kier alpha value is -8.33. The molecule has 31 nitrogen and oxygen atoms in total. The van der Waals surface area contributed by atoms with Gasteiger partial charge in [0.15, 0.2) is 5.96 Å². The zero-order valence-corrected chi connectivity index (χ0v) is 57.4. The summed E-state index contributed by atoms with van der Waals surface area (Å²) in [7, 11) is 0. The third-order valence-electron chi connectivity index (χ3n) is 16.2. The minimum Gasteiger partial charge on any atom is -0.370 e. The average Bonchev–Trinajstić information content (AvgIpc) is 1.75. The summed E-state index contributed by atoms with van der Waals surface area (Å²) < 4.78 is 0. The molecule has 2 aromatic rings. The Labute approximate surface area is 578 Å². The molecule has 0 radical (unpaired) electrons. The number of nitrogens with two attached hydrogens (primary N) is 7. The monoisotopic (exact) mass is 1410 g/mol. The molecular formula is C63H96Cl2N18O13S. The number of carbonyl (C=O) groups excluding carboxylic acids is 13. The molecule has 0 aromatic heterocycles. The molecule has 0 saturated carbocycles. The van der Waals surface area contributed by atoms with Gasteiger partial charge in [-0.3, -0.25) is 67.3 Å². The van der Waals surface area contributed by atoms with Crippen molar-refractivity contribution < 1.29 is 62.3 Å². The van der Waals surface area contributed by atoms with Crippen molar-refractivity contribution in [1.29, 1.82) is 0 Å². The molecule has 0 unspecified atom stereocenters. The summed E-state index contributed by atoms with van der Waals surface area (Å²) in [6, 6.07) is -0.298. The molecule has 0 aliphatic carbocycles. The molecule has 34 heteroatoms. The number of benzene rings is 2. The number of primary amides is 3. The number of halogens is 2. The van der Waals surface area contributed by atoms with E-state index in [9.17, 15) is 62.3 Å². The second-order valence-corrected chi connectivity index (χ2v) is 26.3. The number of nitrogens with one attached hydrogen (secondary N) is 8. The van der Waals surface area contributed by atoms with E-state index in [2.05, 4.69) is 47.5 Å². The van der Waals surface area contributed by atoms with Crippen LogP contribution in [0.5, 0.6) is 0 Å². The maximum atomic E-state index is 14.7. The van der Waals surface area contributed by atoms with E-state index in [1.165, 1.54) is 33.7 Å².